The standard InChI is InChI=1S/C2H7N.4ClH/c1-2-3;;;;/h2-3H2,1H3;4*1H. The Hall–Kier alpha value is 1.12. The Morgan fingerprint density at radius 1 is 1.00 bits per heavy atom. The highest BCUT2D eigenvalue weighted by Crippen LogP contribution is 1.20. The maximum atomic E-state index is 4.85. The van der Waals surface area contributed by atoms with Crippen LogP contribution in [0, 0.1) is 0 Å². The highest BCUT2D eigenvalue weighted by Gasteiger charge is 1.32. The van der Waals surface area contributed by atoms with Crippen molar-refractivity contribution in [1.29, 1.82) is 0 Å². The molecule has 0 aliphatic carbocycles. The normalized spacial score (nSPS) is 2.57. The van der Waals surface area contributed by atoms with E-state index in [9.17, 15) is 0 Å². The quantitative estimate of drug-likeness (QED) is 0.618. The number of rotatable bonds is 0. The monoisotopic (exact) mass is 189 g/mol. The molecule has 0 spiro atoms. The van der Waals surface area contributed by atoms with Crippen LogP contribution in [0.15, 0.2) is 0 Å². The van der Waals surface area contributed by atoms with Crippen molar-refractivity contribution in [2.24, 2.45) is 5.73 Å². The Balaban J connectivity index is -0.00000000333. The third-order valence-electron chi connectivity index (χ3n) is 0. The summed E-state index contributed by atoms with van der Waals surface area (Å²) < 4.78 is 0. The molecule has 0 heterocycles. The molecule has 0 amide bonds. The Morgan fingerprint density at radius 2 is 1.00 bits per heavy atom. The van der Waals surface area contributed by atoms with Crippen molar-refractivity contribution in [3.05, 3.63) is 0 Å². The van der Waals surface area contributed by atoms with Crippen LogP contribution in [0.3, 0.4) is 0 Å². The molecule has 0 aromatic carbocycles. The summed E-state index contributed by atoms with van der Waals surface area (Å²) in [5.74, 6) is 0. The topological polar surface area (TPSA) is 26.0 Å². The van der Waals surface area contributed by atoms with E-state index in [1.165, 1.54) is 0 Å². The van der Waals surface area contributed by atoms with Gasteiger partial charge in [-0.05, 0) is 6.54 Å². The second-order valence-electron chi connectivity index (χ2n) is 0.408. The Bertz CT molecular complexity index is 9.65. The van der Waals surface area contributed by atoms with Crippen molar-refractivity contribution < 1.29 is 0 Å². The van der Waals surface area contributed by atoms with E-state index in [1.807, 2.05) is 6.92 Å². The molecule has 0 saturated heterocycles. The van der Waals surface area contributed by atoms with E-state index >= 15 is 0 Å². The summed E-state index contributed by atoms with van der Waals surface area (Å²) in [6.07, 6.45) is 0. The van der Waals surface area contributed by atoms with Crippen molar-refractivity contribution in [3.8, 4) is 0 Å². The van der Waals surface area contributed by atoms with Gasteiger partial charge in [0.05, 0.1) is 0 Å². The fraction of sp³-hybridized carbons (Fsp3) is 1.00. The van der Waals surface area contributed by atoms with Gasteiger partial charge >= 0.3 is 0 Å². The van der Waals surface area contributed by atoms with Crippen LogP contribution < -0.4 is 5.73 Å². The highest BCUT2D eigenvalue weighted by molar-refractivity contribution is 5.86. The molecule has 0 aliphatic heterocycles. The van der Waals surface area contributed by atoms with Crippen LogP contribution in [0.1, 0.15) is 6.92 Å². The summed E-state index contributed by atoms with van der Waals surface area (Å²) in [6, 6.07) is 0. The second kappa shape index (κ2) is 59.3. The number of nitrogens with two attached hydrogens (primary N) is 1. The van der Waals surface area contributed by atoms with E-state index in [-0.39, 0.29) is 49.6 Å². The molecule has 7 heavy (non-hydrogen) atoms. The highest BCUT2D eigenvalue weighted by atomic mass is 35.5. The number of halogens is 4. The minimum atomic E-state index is 0. The molecule has 0 aliphatic rings. The summed E-state index contributed by atoms with van der Waals surface area (Å²) in [5, 5.41) is 0. The van der Waals surface area contributed by atoms with Gasteiger partial charge in [0.15, 0.2) is 0 Å². The first kappa shape index (κ1) is 42.3. The van der Waals surface area contributed by atoms with Crippen molar-refractivity contribution in [3.63, 3.8) is 0 Å². The summed E-state index contributed by atoms with van der Waals surface area (Å²) in [4.78, 5) is 0. The zero-order chi connectivity index (χ0) is 2.71. The van der Waals surface area contributed by atoms with Crippen LogP contribution in [-0.2, 0) is 0 Å². The molecule has 2 N–H and O–H groups in total. The van der Waals surface area contributed by atoms with Gasteiger partial charge in [-0.25, -0.2) is 0 Å². The number of hydrogen-bond acceptors (Lipinski definition) is 1. The minimum Gasteiger partial charge on any atom is -0.331 e. The van der Waals surface area contributed by atoms with Gasteiger partial charge in [0, 0.05) is 0 Å². The maximum Gasteiger partial charge on any atom is -0.0106 e. The Morgan fingerprint density at radius 3 is 1.00 bits per heavy atom. The Labute approximate surface area is 69.1 Å². The molecular formula is C2H11Cl4N. The van der Waals surface area contributed by atoms with Crippen molar-refractivity contribution in [2.75, 3.05) is 6.54 Å². The Kier molecular flexibility index (Phi) is 358. The van der Waals surface area contributed by atoms with Crippen LogP contribution in [0.2, 0.25) is 0 Å². The lowest BCUT2D eigenvalue weighted by Gasteiger charge is -1.53. The first-order valence-electron chi connectivity index (χ1n) is 1.12. The van der Waals surface area contributed by atoms with Gasteiger partial charge in [-0.1, -0.05) is 6.92 Å². The second-order valence-corrected chi connectivity index (χ2v) is 0.408. The van der Waals surface area contributed by atoms with Crippen molar-refractivity contribution >= 4 is 49.6 Å². The molecule has 0 saturated carbocycles. The van der Waals surface area contributed by atoms with Crippen molar-refractivity contribution in [2.45, 2.75) is 6.92 Å². The largest absolute Gasteiger partial charge is 0.331 e. The van der Waals surface area contributed by atoms with Gasteiger partial charge in [-0.2, -0.15) is 0 Å². The predicted molar refractivity (Wildman–Crippen MR) is 43.7 cm³/mol. The van der Waals surface area contributed by atoms with E-state index in [1.54, 1.807) is 0 Å². The lowest BCUT2D eigenvalue weighted by Crippen LogP contribution is -1.87. The van der Waals surface area contributed by atoms with Crippen LogP contribution in [0.25, 0.3) is 0 Å². The van der Waals surface area contributed by atoms with Gasteiger partial charge in [-0.3, -0.25) is 0 Å². The molecule has 0 radical (unpaired) electrons. The molecule has 0 bridgehead atoms. The summed E-state index contributed by atoms with van der Waals surface area (Å²) in [6.45, 7) is 2.65. The first-order chi connectivity index (χ1) is 1.41. The van der Waals surface area contributed by atoms with Crippen molar-refractivity contribution in [1.82, 2.24) is 0 Å². The van der Waals surface area contributed by atoms with Gasteiger partial charge in [0.1, 0.15) is 0 Å². The molecule has 52 valence electrons. The number of hydrogen-bond donors (Lipinski definition) is 1. The molecule has 0 rings (SSSR count). The van der Waals surface area contributed by atoms with E-state index in [0.29, 0.717) is 0 Å². The van der Waals surface area contributed by atoms with E-state index in [2.05, 4.69) is 0 Å². The molecule has 0 aromatic heterocycles. The minimum absolute atomic E-state index is 0. The lowest BCUT2D eigenvalue weighted by molar-refractivity contribution is 1.14. The van der Waals surface area contributed by atoms with Gasteiger partial charge in [0.25, 0.3) is 0 Å². The average Bonchev–Trinajstić information content (AvgIpc) is 0.918. The molecule has 0 fully saturated rings. The van der Waals surface area contributed by atoms with Crippen LogP contribution in [-0.4, -0.2) is 6.54 Å². The first-order valence-corrected chi connectivity index (χ1v) is 1.12. The van der Waals surface area contributed by atoms with E-state index in [4.69, 9.17) is 5.73 Å². The molecule has 0 atom stereocenters. The average molecular weight is 191 g/mol. The summed E-state index contributed by atoms with van der Waals surface area (Å²) in [7, 11) is 0. The van der Waals surface area contributed by atoms with E-state index < -0.39 is 0 Å². The summed E-state index contributed by atoms with van der Waals surface area (Å²) >= 11 is 0. The lowest BCUT2D eigenvalue weighted by atomic mass is 10.8. The fourth-order valence-corrected chi connectivity index (χ4v) is 0. The SMILES string of the molecule is CCN.Cl.Cl.Cl.Cl. The van der Waals surface area contributed by atoms with E-state index in [0.717, 1.165) is 6.54 Å². The van der Waals surface area contributed by atoms with Gasteiger partial charge in [0.2, 0.25) is 0 Å². The third-order valence-corrected chi connectivity index (χ3v) is 0. The van der Waals surface area contributed by atoms with Gasteiger partial charge in [-0.15, -0.1) is 49.6 Å². The van der Waals surface area contributed by atoms with Crippen LogP contribution in [0.4, 0.5) is 0 Å². The zero-order valence-electron chi connectivity index (χ0n) is 3.92. The fourth-order valence-electron chi connectivity index (χ4n) is 0. The zero-order valence-corrected chi connectivity index (χ0v) is 7.18. The molecular weight excluding hydrogens is 180 g/mol. The molecule has 1 nitrogen and oxygen atoms in total. The van der Waals surface area contributed by atoms with Crippen LogP contribution >= 0.6 is 49.6 Å². The molecule has 0 unspecified atom stereocenters. The third kappa shape index (κ3) is 149. The smallest absolute Gasteiger partial charge is 0.0106 e. The summed E-state index contributed by atoms with van der Waals surface area (Å²) in [5.41, 5.74) is 4.85. The molecule has 5 heteroatoms. The molecule has 0 aromatic rings. The van der Waals surface area contributed by atoms with Gasteiger partial charge < -0.3 is 5.73 Å². The van der Waals surface area contributed by atoms with Crippen LogP contribution in [0.5, 0.6) is 0 Å². The maximum absolute atomic E-state index is 4.85. The predicted octanol–water partition coefficient (Wildman–Crippen LogP) is 1.65.